The van der Waals surface area contributed by atoms with Crippen molar-refractivity contribution >= 4 is 5.97 Å². The van der Waals surface area contributed by atoms with Gasteiger partial charge in [0.1, 0.15) is 0 Å². The molecule has 0 saturated carbocycles. The predicted molar refractivity (Wildman–Crippen MR) is 51.0 cm³/mol. The number of ether oxygens (including phenoxy) is 2. The van der Waals surface area contributed by atoms with E-state index in [0.29, 0.717) is 13.2 Å². The summed E-state index contributed by atoms with van der Waals surface area (Å²) in [6.07, 6.45) is 1.89. The molecule has 1 fully saturated rings. The summed E-state index contributed by atoms with van der Waals surface area (Å²) >= 11 is 0. The molecule has 0 amide bonds. The molecule has 0 unspecified atom stereocenters. The van der Waals surface area contributed by atoms with Gasteiger partial charge in [-0.2, -0.15) is 0 Å². The SMILES string of the molecule is CCC1(CC)COC(C)(C(=O)O)OC1.[Na+]. The molecule has 1 aliphatic rings. The fourth-order valence-electron chi connectivity index (χ4n) is 1.45. The molecule has 15 heavy (non-hydrogen) atoms. The molecule has 5 heteroatoms. The summed E-state index contributed by atoms with van der Waals surface area (Å²) in [5.74, 6) is -2.51. The number of carbonyl (C=O) groups is 1. The van der Waals surface area contributed by atoms with Gasteiger partial charge in [-0.15, -0.1) is 0 Å². The van der Waals surface area contributed by atoms with Crippen LogP contribution in [0.25, 0.3) is 0 Å². The van der Waals surface area contributed by atoms with Crippen molar-refractivity contribution in [3.8, 4) is 0 Å². The van der Waals surface area contributed by atoms with Gasteiger partial charge in [-0.05, 0) is 12.8 Å². The molecule has 0 aromatic rings. The van der Waals surface area contributed by atoms with E-state index in [1.807, 2.05) is 0 Å². The third-order valence-electron chi connectivity index (χ3n) is 3.20. The summed E-state index contributed by atoms with van der Waals surface area (Å²) in [7, 11) is 0. The summed E-state index contributed by atoms with van der Waals surface area (Å²) in [5.41, 5.74) is -0.00500. The van der Waals surface area contributed by atoms with Crippen LogP contribution in [0.4, 0.5) is 0 Å². The van der Waals surface area contributed by atoms with E-state index < -0.39 is 11.8 Å². The number of carboxylic acids is 1. The molecular weight excluding hydrogens is 207 g/mol. The Balaban J connectivity index is 0.00000196. The van der Waals surface area contributed by atoms with Gasteiger partial charge in [0.05, 0.1) is 13.2 Å². The maximum Gasteiger partial charge on any atom is 1.00 e. The van der Waals surface area contributed by atoms with Gasteiger partial charge < -0.3 is 14.6 Å². The van der Waals surface area contributed by atoms with Crippen LogP contribution in [0.1, 0.15) is 33.6 Å². The molecule has 1 N–H and O–H groups in total. The molecule has 0 aromatic carbocycles. The van der Waals surface area contributed by atoms with Crippen molar-refractivity contribution in [3.63, 3.8) is 0 Å². The minimum absolute atomic E-state index is 0. The van der Waals surface area contributed by atoms with E-state index in [2.05, 4.69) is 13.8 Å². The molecule has 0 aromatic heterocycles. The normalized spacial score (nSPS) is 22.9. The van der Waals surface area contributed by atoms with Crippen LogP contribution in [0.2, 0.25) is 0 Å². The second-order valence-corrected chi connectivity index (χ2v) is 4.04. The first-order valence-corrected chi connectivity index (χ1v) is 4.99. The van der Waals surface area contributed by atoms with E-state index in [1.54, 1.807) is 0 Å². The second kappa shape index (κ2) is 5.64. The minimum Gasteiger partial charge on any atom is -0.477 e. The Bertz CT molecular complexity index is 215. The number of carboxylic acid groups (broad SMARTS) is 1. The number of aliphatic carboxylic acids is 1. The van der Waals surface area contributed by atoms with Gasteiger partial charge in [0.25, 0.3) is 5.79 Å². The Morgan fingerprint density at radius 3 is 1.93 bits per heavy atom. The van der Waals surface area contributed by atoms with Gasteiger partial charge in [0, 0.05) is 12.3 Å². The first-order valence-electron chi connectivity index (χ1n) is 4.99. The van der Waals surface area contributed by atoms with Gasteiger partial charge in [-0.1, -0.05) is 13.8 Å². The summed E-state index contributed by atoms with van der Waals surface area (Å²) in [6.45, 7) is 6.51. The Morgan fingerprint density at radius 2 is 1.67 bits per heavy atom. The molecule has 1 rings (SSSR count). The average molecular weight is 225 g/mol. The van der Waals surface area contributed by atoms with Crippen LogP contribution >= 0.6 is 0 Å². The summed E-state index contributed by atoms with van der Waals surface area (Å²) in [4.78, 5) is 10.8. The van der Waals surface area contributed by atoms with Crippen molar-refractivity contribution in [2.45, 2.75) is 39.4 Å². The van der Waals surface area contributed by atoms with Gasteiger partial charge in [-0.3, -0.25) is 0 Å². The third-order valence-corrected chi connectivity index (χ3v) is 3.20. The van der Waals surface area contributed by atoms with Crippen LogP contribution in [0, 0.1) is 5.41 Å². The van der Waals surface area contributed by atoms with Crippen LogP contribution in [-0.2, 0) is 14.3 Å². The van der Waals surface area contributed by atoms with Crippen molar-refractivity contribution in [3.05, 3.63) is 0 Å². The Labute approximate surface area is 113 Å². The third kappa shape index (κ3) is 3.17. The van der Waals surface area contributed by atoms with Crippen LogP contribution in [0.5, 0.6) is 0 Å². The summed E-state index contributed by atoms with van der Waals surface area (Å²) in [6, 6.07) is 0. The molecule has 0 aliphatic carbocycles. The zero-order valence-electron chi connectivity index (χ0n) is 10.0. The smallest absolute Gasteiger partial charge is 0.477 e. The standard InChI is InChI=1S/C10H18O4.Na/c1-4-10(5-2)6-13-9(3,8(11)12)14-7-10;/h4-7H2,1-3H3,(H,11,12);/q;+1. The molecule has 0 spiro atoms. The van der Waals surface area contributed by atoms with Gasteiger partial charge in [0.15, 0.2) is 0 Å². The fraction of sp³-hybridized carbons (Fsp3) is 0.900. The molecule has 0 radical (unpaired) electrons. The molecule has 0 atom stereocenters. The van der Waals surface area contributed by atoms with Crippen LogP contribution < -0.4 is 29.6 Å². The quantitative estimate of drug-likeness (QED) is 0.603. The minimum atomic E-state index is -1.45. The van der Waals surface area contributed by atoms with E-state index in [4.69, 9.17) is 14.6 Å². The maximum absolute atomic E-state index is 10.8. The van der Waals surface area contributed by atoms with E-state index in [1.165, 1.54) is 6.92 Å². The zero-order chi connectivity index (χ0) is 10.8. The average Bonchev–Trinajstić information content (AvgIpc) is 2.20. The zero-order valence-corrected chi connectivity index (χ0v) is 12.0. The molecule has 1 saturated heterocycles. The Hall–Kier alpha value is 0.390. The largest absolute Gasteiger partial charge is 1.00 e. The Morgan fingerprint density at radius 1 is 1.27 bits per heavy atom. The summed E-state index contributed by atoms with van der Waals surface area (Å²) in [5, 5.41) is 8.86. The van der Waals surface area contributed by atoms with Crippen LogP contribution in [0.15, 0.2) is 0 Å². The monoisotopic (exact) mass is 225 g/mol. The van der Waals surface area contributed by atoms with Crippen molar-refractivity contribution < 1.29 is 48.9 Å². The van der Waals surface area contributed by atoms with Crippen LogP contribution in [0.3, 0.4) is 0 Å². The number of hydrogen-bond donors (Lipinski definition) is 1. The van der Waals surface area contributed by atoms with Crippen molar-refractivity contribution in [2.24, 2.45) is 5.41 Å². The molecular formula is C10H18NaO4+. The Kier molecular flexibility index (Phi) is 5.79. The van der Waals surface area contributed by atoms with E-state index in [9.17, 15) is 4.79 Å². The topological polar surface area (TPSA) is 55.8 Å². The van der Waals surface area contributed by atoms with Gasteiger partial charge >= 0.3 is 35.5 Å². The van der Waals surface area contributed by atoms with Gasteiger partial charge in [-0.25, -0.2) is 4.79 Å². The first-order chi connectivity index (χ1) is 6.48. The molecule has 1 heterocycles. The van der Waals surface area contributed by atoms with Crippen molar-refractivity contribution in [1.82, 2.24) is 0 Å². The van der Waals surface area contributed by atoms with Gasteiger partial charge in [0.2, 0.25) is 0 Å². The second-order valence-electron chi connectivity index (χ2n) is 4.04. The van der Waals surface area contributed by atoms with Crippen LogP contribution in [-0.4, -0.2) is 30.1 Å². The van der Waals surface area contributed by atoms with E-state index in [-0.39, 0.29) is 35.0 Å². The van der Waals surface area contributed by atoms with Crippen molar-refractivity contribution in [2.75, 3.05) is 13.2 Å². The van der Waals surface area contributed by atoms with E-state index >= 15 is 0 Å². The molecule has 82 valence electrons. The molecule has 4 nitrogen and oxygen atoms in total. The maximum atomic E-state index is 10.8. The predicted octanol–water partition coefficient (Wildman–Crippen LogP) is -1.36. The molecule has 0 bridgehead atoms. The molecule has 1 aliphatic heterocycles. The number of hydrogen-bond acceptors (Lipinski definition) is 3. The number of rotatable bonds is 3. The first kappa shape index (κ1) is 15.4. The van der Waals surface area contributed by atoms with Crippen molar-refractivity contribution in [1.29, 1.82) is 0 Å². The van der Waals surface area contributed by atoms with E-state index in [0.717, 1.165) is 12.8 Å². The summed E-state index contributed by atoms with van der Waals surface area (Å²) < 4.78 is 10.6. The fourth-order valence-corrected chi connectivity index (χ4v) is 1.45.